The number of amides is 5. The Balaban J connectivity index is 0.976. The van der Waals surface area contributed by atoms with E-state index >= 15 is 0 Å². The van der Waals surface area contributed by atoms with Crippen molar-refractivity contribution in [1.82, 2.24) is 26.6 Å². The predicted molar refractivity (Wildman–Crippen MR) is 450 cm³/mol. The van der Waals surface area contributed by atoms with E-state index < -0.39 is 464 Å². The van der Waals surface area contributed by atoms with Crippen LogP contribution >= 0.6 is 0 Å². The molecule has 0 aliphatic carbocycles. The molecule has 0 saturated carbocycles. The second-order valence-corrected chi connectivity index (χ2v) is 37.3. The molecule has 844 valence electrons. The monoisotopic (exact) mass is 2140 g/mol. The van der Waals surface area contributed by atoms with Crippen molar-refractivity contribution in [2.45, 2.75) is 417 Å². The molecule has 12 rings (SSSR count). The zero-order valence-corrected chi connectivity index (χ0v) is 79.0. The first kappa shape index (κ1) is 120. The lowest BCUT2D eigenvalue weighted by Gasteiger charge is -2.52. The third-order valence-corrected chi connectivity index (χ3v) is 27.0. The van der Waals surface area contributed by atoms with E-state index in [0.29, 0.717) is 0 Å². The van der Waals surface area contributed by atoms with Crippen LogP contribution in [0, 0.1) is 0 Å². The summed E-state index contributed by atoms with van der Waals surface area (Å²) >= 11 is 0. The van der Waals surface area contributed by atoms with Gasteiger partial charge in [0.1, 0.15) is 280 Å². The maximum absolute atomic E-state index is 13.8. The van der Waals surface area contributed by atoms with Crippen LogP contribution < -0.4 is 26.6 Å². The van der Waals surface area contributed by atoms with Gasteiger partial charge in [-0.2, -0.15) is 0 Å². The van der Waals surface area contributed by atoms with E-state index in [9.17, 15) is 182 Å². The van der Waals surface area contributed by atoms with Crippen molar-refractivity contribution in [1.29, 1.82) is 0 Å². The van der Waals surface area contributed by atoms with Gasteiger partial charge in [0.15, 0.2) is 75.5 Å². The molecule has 64 heteroatoms. The molecule has 0 unspecified atom stereocenters. The fraction of sp³-hybridized carbons (Fsp3) is 0.939. The smallest absolute Gasteiger partial charge is 0.217 e. The van der Waals surface area contributed by atoms with Gasteiger partial charge in [-0.15, -0.1) is 0 Å². The fourth-order valence-corrected chi connectivity index (χ4v) is 19.1. The third kappa shape index (κ3) is 26.4. The normalized spacial score (nSPS) is 49.8. The van der Waals surface area contributed by atoms with Crippen LogP contribution in [0.3, 0.4) is 0 Å². The minimum absolute atomic E-state index is 0.873. The van der Waals surface area contributed by atoms with Gasteiger partial charge in [-0.25, -0.2) is 0 Å². The fourth-order valence-electron chi connectivity index (χ4n) is 19.1. The van der Waals surface area contributed by atoms with Crippen LogP contribution in [-0.4, -0.2) is 622 Å². The molecule has 12 aliphatic heterocycles. The molecule has 12 aliphatic rings. The van der Waals surface area contributed by atoms with Crippen LogP contribution in [0.2, 0.25) is 0 Å². The summed E-state index contributed by atoms with van der Waals surface area (Å²) < 4.78 is 142. The summed E-state index contributed by atoms with van der Waals surface area (Å²) in [5.74, 6) is -5.15. The van der Waals surface area contributed by atoms with Gasteiger partial charge >= 0.3 is 0 Å². The predicted octanol–water partition coefficient (Wildman–Crippen LogP) is -24.4. The van der Waals surface area contributed by atoms with Gasteiger partial charge in [-0.3, -0.25) is 24.0 Å². The zero-order chi connectivity index (χ0) is 107. The molecule has 64 nitrogen and oxygen atoms in total. The van der Waals surface area contributed by atoms with E-state index in [1.807, 2.05) is 0 Å². The highest BCUT2D eigenvalue weighted by Gasteiger charge is 2.64. The molecular formula is C82H137N5O59. The van der Waals surface area contributed by atoms with E-state index in [1.165, 1.54) is 13.8 Å². The Kier molecular flexibility index (Phi) is 42.8. The van der Waals surface area contributed by atoms with Crippen molar-refractivity contribution in [3.8, 4) is 0 Å². The molecule has 60 atom stereocenters. The highest BCUT2D eigenvalue weighted by molar-refractivity contribution is 5.75. The number of hydrogen-bond donors (Lipinski definition) is 36. The summed E-state index contributed by atoms with van der Waals surface area (Å²) in [4.78, 5) is 66.7. The Bertz CT molecular complexity index is 4090. The Morgan fingerprint density at radius 3 is 0.856 bits per heavy atom. The van der Waals surface area contributed by atoms with Crippen LogP contribution in [-0.2, 0) is 133 Å². The topological polar surface area (TPSA) is 985 Å². The molecular weight excluding hydrogens is 2000 g/mol. The van der Waals surface area contributed by atoms with Crippen LogP contribution in [0.25, 0.3) is 0 Å². The lowest BCUT2D eigenvalue weighted by atomic mass is 9.93. The van der Waals surface area contributed by atoms with Crippen molar-refractivity contribution < 1.29 is 291 Å². The number of carbonyl (C=O) groups is 5. The summed E-state index contributed by atoms with van der Waals surface area (Å²) in [6.45, 7) is -5.30. The minimum atomic E-state index is -2.87. The second-order valence-electron chi connectivity index (χ2n) is 37.3. The Morgan fingerprint density at radius 2 is 0.432 bits per heavy atom. The first-order valence-corrected chi connectivity index (χ1v) is 46.9. The van der Waals surface area contributed by atoms with Gasteiger partial charge in [0, 0.05) is 34.6 Å². The van der Waals surface area contributed by atoms with Crippen molar-refractivity contribution in [3.63, 3.8) is 0 Å². The van der Waals surface area contributed by atoms with Crippen molar-refractivity contribution in [2.75, 3.05) is 66.1 Å². The molecule has 0 aromatic carbocycles. The summed E-state index contributed by atoms with van der Waals surface area (Å²) in [5.41, 5.74) is 0. The highest BCUT2D eigenvalue weighted by Crippen LogP contribution is 2.44. The van der Waals surface area contributed by atoms with Crippen LogP contribution in [0.15, 0.2) is 0 Å². The maximum atomic E-state index is 13.8. The zero-order valence-electron chi connectivity index (χ0n) is 79.0. The average Bonchev–Trinajstić information content (AvgIpc) is 0.755. The quantitative estimate of drug-likeness (QED) is 0.0275. The van der Waals surface area contributed by atoms with E-state index in [0.717, 1.165) is 34.6 Å². The Hall–Kier alpha value is -4.81. The van der Waals surface area contributed by atoms with E-state index in [-0.39, 0.29) is 0 Å². The second kappa shape index (κ2) is 52.2. The SMILES string of the molecule is CC(=O)N[C@@H]1[C@@H](O)[C@H](O[C@@H]2O[C@H](CO)[C@@H](O[C@@H]3O[C@H](CO[C@H]4O[C@H](CO)[C@@H](O)[C@H](O)[C@@H]4O[C@@H]4O[C@H](CO)[C@@H](O[C@@H]5O[C@H](CO)[C@H](O)[C@H](O)[C@H]5O)[C@H](O[C@@H]5O[C@@H](C)[C@@H](O)[C@@H](O)[C@@H]5O)[C@H]4NC(C)=O)[C@@H](O[C@@H]4O[C@H](CO)[C@@H](O)[C@H](O)[C@H]4NC(C)=O)[C@H](O[C@H]4O[C@H](CO)[C@@H](O)[C@H](O)[C@@H]4O[C@@H]4O[C@H](CO)[C@@H](O[C@@H]5O[C@H](CO)[C@H](O)[C@H](O)[C@H]5O)[C@H](O)[C@H]4NC(C)=O)[C@@H]3O)[C@H](O)[C@H]2NC(C)=O)[C@@H](CO[C@@H]2O[C@@H](C)[C@@H](O)[C@@H](O)[C@@H]2O)O[C@H]1O. The van der Waals surface area contributed by atoms with Crippen molar-refractivity contribution >= 4 is 29.5 Å². The van der Waals surface area contributed by atoms with Crippen LogP contribution in [0.4, 0.5) is 0 Å². The lowest BCUT2D eigenvalue weighted by Crippen LogP contribution is -2.72. The summed E-state index contributed by atoms with van der Waals surface area (Å²) in [6, 6.07) is -10.4. The molecule has 5 amide bonds. The van der Waals surface area contributed by atoms with E-state index in [4.69, 9.17) is 109 Å². The minimum Gasteiger partial charge on any atom is -0.394 e. The number of carbonyl (C=O) groups excluding carboxylic acids is 5. The van der Waals surface area contributed by atoms with Crippen molar-refractivity contribution in [2.24, 2.45) is 0 Å². The maximum Gasteiger partial charge on any atom is 0.217 e. The van der Waals surface area contributed by atoms with Gasteiger partial charge in [0.2, 0.25) is 29.5 Å². The average molecular weight is 2140 g/mol. The third-order valence-electron chi connectivity index (χ3n) is 27.0. The molecule has 36 N–H and O–H groups in total. The number of aliphatic hydroxyl groups is 31. The van der Waals surface area contributed by atoms with Crippen molar-refractivity contribution in [3.05, 3.63) is 0 Å². The number of hydrogen-bond acceptors (Lipinski definition) is 59. The van der Waals surface area contributed by atoms with Gasteiger partial charge in [-0.05, 0) is 13.8 Å². The standard InChI is InChI=1S/C82H137N5O59/c1-18-40(101)51(112)57(118)76(126-18)124-16-33-64(48(109)35(71(123)128-33)83-20(3)96)138-73-37(85-22(5)98)49(110)63(31(14-94)134-73)140-80-61(122)68(144-82-70(56(117)46(107)29(12-92)133-82)146-74-38(86-23(6)99)50(111)62(30(13-93)135-74)139-78-59(120)53(114)43(104)26(9-89)130-78)66(141-72-36(84-21(4)97)47(108)42(103)25(8-88)129-72)34(137-80)17-125-81-69(55(116)45(106)28(11-91)132-81)145-75-39(87-24(7)100)67(143-77-58(119)52(113)41(102)19(2)127-77)65(32(15-95)136-75)142-79-60(121)54(115)44(105)27(10-90)131-79/h18-19,25-82,88-95,101-123H,8-17H2,1-7H3,(H,83,96)(H,84,97)(H,85,98)(H,86,99)(H,87,100)/t18-,19-,25+,26+,27+,28+,29+,30+,31+,32+,33+,34+,35+,36+,37+,38+,39+,40+,41+,42+,43-,44-,45+,46+,47+,48+,49+,50+,51+,52+,53-,54-,55-,56-,57-,58-,59+,60+,61-,62+,63+,64+,65+,66+,67+,68+,69-,70-,71+,72-,73-,74-,75-,76+,77-,78-,79-,80-,81-,82+/m0/s1. The molecule has 12 fully saturated rings. The molecule has 12 heterocycles. The van der Waals surface area contributed by atoms with Crippen LogP contribution in [0.5, 0.6) is 0 Å². The lowest BCUT2D eigenvalue weighted by molar-refractivity contribution is -0.409. The van der Waals surface area contributed by atoms with Gasteiger partial charge in [0.25, 0.3) is 0 Å². The Labute approximate surface area is 827 Å². The first-order valence-electron chi connectivity index (χ1n) is 46.9. The van der Waals surface area contributed by atoms with Gasteiger partial charge in [0.05, 0.1) is 78.3 Å². The summed E-state index contributed by atoms with van der Waals surface area (Å²) in [6.07, 6.45) is -121. The van der Waals surface area contributed by atoms with E-state index in [2.05, 4.69) is 26.6 Å². The molecule has 0 spiro atoms. The molecule has 0 aromatic heterocycles. The number of nitrogens with one attached hydrogen (secondary N) is 5. The molecule has 146 heavy (non-hydrogen) atoms. The molecule has 0 bridgehead atoms. The van der Waals surface area contributed by atoms with Crippen LogP contribution in [0.1, 0.15) is 48.5 Å². The molecule has 0 radical (unpaired) electrons. The Morgan fingerprint density at radius 1 is 0.192 bits per heavy atom. The summed E-state index contributed by atoms with van der Waals surface area (Å²) in [5, 5.41) is 364. The number of ether oxygens (including phenoxy) is 23. The van der Waals surface area contributed by atoms with E-state index in [1.54, 1.807) is 0 Å². The molecule has 0 aromatic rings. The number of rotatable bonds is 37. The number of aliphatic hydroxyl groups excluding tert-OH is 31. The first-order chi connectivity index (χ1) is 69.0. The van der Waals surface area contributed by atoms with Gasteiger partial charge in [-0.1, -0.05) is 0 Å². The highest BCUT2D eigenvalue weighted by atomic mass is 16.8. The van der Waals surface area contributed by atoms with Gasteiger partial charge < -0.3 is 294 Å². The summed E-state index contributed by atoms with van der Waals surface area (Å²) in [7, 11) is 0. The molecule has 12 saturated heterocycles. The largest absolute Gasteiger partial charge is 0.394 e.